The zero-order valence-corrected chi connectivity index (χ0v) is 11.6. The number of hydrogen-bond acceptors (Lipinski definition) is 21. The van der Waals surface area contributed by atoms with E-state index in [9.17, 15) is 0 Å². The Morgan fingerprint density at radius 2 is 0.591 bits per heavy atom. The van der Waals surface area contributed by atoms with Gasteiger partial charge in [-0.25, -0.2) is 5.43 Å². The van der Waals surface area contributed by atoms with E-state index in [1.165, 1.54) is 0 Å². The van der Waals surface area contributed by atoms with Crippen LogP contribution in [0, 0.1) is 0 Å². The topological polar surface area (TPSA) is 267 Å². The largest absolute Gasteiger partial charge is 0.257 e. The SMILES string of the molecule is CNNNNNNNNNNNNNNNNNNNNN. The highest BCUT2D eigenvalue weighted by Crippen LogP contribution is 1.29. The van der Waals surface area contributed by atoms with Crippen molar-refractivity contribution < 1.29 is 0 Å². The molecule has 22 N–H and O–H groups in total. The quantitative estimate of drug-likeness (QED) is 0.0594. The van der Waals surface area contributed by atoms with E-state index >= 15 is 0 Å². The molecule has 0 unspecified atom stereocenters. The standard InChI is InChI=1S/CH25N21/c1-3-5-7-9-11-13-15-17-19-21-22-20-18-16-14-12-10-8-6-4-2/h3-22H,2H2,1H3. The average molecular weight is 331 g/mol. The molecule has 21 heteroatoms. The van der Waals surface area contributed by atoms with E-state index in [2.05, 4.69) is 111 Å². The van der Waals surface area contributed by atoms with E-state index in [-0.39, 0.29) is 0 Å². The Morgan fingerprint density at radius 3 is 0.818 bits per heavy atom. The average Bonchev–Trinajstić information content (AvgIpc) is 2.54. The van der Waals surface area contributed by atoms with Crippen LogP contribution in [0.4, 0.5) is 0 Å². The van der Waals surface area contributed by atoms with Crippen LogP contribution in [0.1, 0.15) is 0 Å². The van der Waals surface area contributed by atoms with E-state index in [0.717, 1.165) is 0 Å². The van der Waals surface area contributed by atoms with Crippen LogP contribution in [0.25, 0.3) is 0 Å². The van der Waals surface area contributed by atoms with Gasteiger partial charge < -0.3 is 0 Å². The van der Waals surface area contributed by atoms with Crippen LogP contribution >= 0.6 is 0 Å². The molecule has 0 rings (SSSR count). The molecule has 0 amide bonds. The van der Waals surface area contributed by atoms with Gasteiger partial charge in [0.1, 0.15) is 0 Å². The molecule has 0 aromatic rings. The first-order valence-corrected chi connectivity index (χ1v) is 5.54. The fraction of sp³-hybridized carbons (Fsp3) is 1.00. The van der Waals surface area contributed by atoms with Crippen LogP contribution in [0.3, 0.4) is 0 Å². The van der Waals surface area contributed by atoms with Crippen molar-refractivity contribution in [3.8, 4) is 0 Å². The second kappa shape index (κ2) is 20.2. The van der Waals surface area contributed by atoms with Gasteiger partial charge in [0.25, 0.3) is 0 Å². The Morgan fingerprint density at radius 1 is 0.364 bits per heavy atom. The third-order valence-corrected chi connectivity index (χ3v) is 1.26. The van der Waals surface area contributed by atoms with Crippen molar-refractivity contribution in [2.24, 2.45) is 5.84 Å². The maximum absolute atomic E-state index is 4.90. The molecule has 0 aromatic heterocycles. The summed E-state index contributed by atoms with van der Waals surface area (Å²) in [5.41, 5.74) is 49.4. The van der Waals surface area contributed by atoms with Gasteiger partial charge >= 0.3 is 0 Å². The Hall–Kier alpha value is -0.840. The first-order chi connectivity index (χ1) is 10.9. The van der Waals surface area contributed by atoms with Crippen molar-refractivity contribution in [3.05, 3.63) is 0 Å². The lowest BCUT2D eigenvalue weighted by Crippen LogP contribution is -2.69. The Bertz CT molecular complexity index is 159. The molecule has 0 aliphatic rings. The fourth-order valence-electron chi connectivity index (χ4n) is 0.599. The summed E-state index contributed by atoms with van der Waals surface area (Å²) in [6.45, 7) is 0. The van der Waals surface area contributed by atoms with Gasteiger partial charge in [-0.2, -0.15) is 105 Å². The minimum atomic E-state index is 1.70. The highest BCUT2D eigenvalue weighted by molar-refractivity contribution is 4.17. The van der Waals surface area contributed by atoms with Gasteiger partial charge in [0.05, 0.1) is 0 Å². The molecule has 0 saturated carbocycles. The van der Waals surface area contributed by atoms with Gasteiger partial charge in [-0.3, -0.25) is 5.84 Å². The molecule has 0 radical (unpaired) electrons. The summed E-state index contributed by atoms with van der Waals surface area (Å²) in [6, 6.07) is 0. The van der Waals surface area contributed by atoms with E-state index in [0.29, 0.717) is 0 Å². The lowest BCUT2D eigenvalue weighted by molar-refractivity contribution is 0.193. The van der Waals surface area contributed by atoms with Crippen LogP contribution in [0.5, 0.6) is 0 Å². The molecular weight excluding hydrogens is 306 g/mol. The van der Waals surface area contributed by atoms with Gasteiger partial charge in [0.15, 0.2) is 0 Å². The molecule has 21 nitrogen and oxygen atoms in total. The fourth-order valence-corrected chi connectivity index (χ4v) is 0.599. The summed E-state index contributed by atoms with van der Waals surface area (Å²) in [6.07, 6.45) is 0. The van der Waals surface area contributed by atoms with Crippen molar-refractivity contribution in [3.63, 3.8) is 0 Å². The molecule has 0 aliphatic heterocycles. The predicted octanol–water partition coefficient (Wildman–Crippen LogP) is -10.3. The van der Waals surface area contributed by atoms with Crippen molar-refractivity contribution in [2.45, 2.75) is 0 Å². The van der Waals surface area contributed by atoms with Crippen molar-refractivity contribution in [1.82, 2.24) is 111 Å². The third-order valence-electron chi connectivity index (χ3n) is 1.26. The minimum absolute atomic E-state index is 1.70. The maximum Gasteiger partial charge on any atom is -0.000111 e. The molecular formula is CH25N21. The van der Waals surface area contributed by atoms with E-state index in [1.807, 2.05) is 0 Å². The van der Waals surface area contributed by atoms with Gasteiger partial charge in [0.2, 0.25) is 0 Å². The van der Waals surface area contributed by atoms with Gasteiger partial charge in [0, 0.05) is 0 Å². The Labute approximate surface area is 124 Å². The molecule has 0 heterocycles. The molecule has 22 heavy (non-hydrogen) atoms. The highest BCUT2D eigenvalue weighted by Gasteiger charge is 1.83. The smallest absolute Gasteiger partial charge is 0.000111 e. The van der Waals surface area contributed by atoms with E-state index in [1.54, 1.807) is 7.05 Å². The molecule has 0 spiro atoms. The second-order valence-corrected chi connectivity index (χ2v) is 2.64. The van der Waals surface area contributed by atoms with E-state index in [4.69, 9.17) is 5.84 Å². The number of hydrazine groups is 20. The molecule has 0 saturated heterocycles. The highest BCUT2D eigenvalue weighted by atomic mass is 16.0. The minimum Gasteiger partial charge on any atom is -0.257 e. The normalized spacial score (nSPS) is 11.2. The van der Waals surface area contributed by atoms with Gasteiger partial charge in [-0.05, 0) is 7.05 Å². The number of hydrogen-bond donors (Lipinski definition) is 21. The lowest BCUT2D eigenvalue weighted by Gasteiger charge is -2.15. The van der Waals surface area contributed by atoms with Crippen LogP contribution < -0.4 is 116 Å². The third kappa shape index (κ3) is 19.2. The molecule has 0 aliphatic carbocycles. The lowest BCUT2D eigenvalue weighted by atomic mass is 11.5. The summed E-state index contributed by atoms with van der Waals surface area (Å²) >= 11 is 0. The van der Waals surface area contributed by atoms with Crippen molar-refractivity contribution in [2.75, 3.05) is 7.05 Å². The zero-order valence-electron chi connectivity index (χ0n) is 11.6. The van der Waals surface area contributed by atoms with E-state index < -0.39 is 0 Å². The molecule has 0 bridgehead atoms. The predicted molar refractivity (Wildman–Crippen MR) is 72.8 cm³/mol. The first-order valence-electron chi connectivity index (χ1n) is 5.54. The second-order valence-electron chi connectivity index (χ2n) is 2.64. The Balaban J connectivity index is 2.91. The summed E-state index contributed by atoms with van der Waals surface area (Å²) in [4.78, 5) is 0. The summed E-state index contributed by atoms with van der Waals surface area (Å²) in [7, 11) is 1.70. The first kappa shape index (κ1) is 21.2. The molecule has 0 aromatic carbocycles. The monoisotopic (exact) mass is 331 g/mol. The molecule has 0 fully saturated rings. The summed E-state index contributed by atoms with van der Waals surface area (Å²) in [5.74, 6) is 4.90. The van der Waals surface area contributed by atoms with Crippen molar-refractivity contribution >= 4 is 0 Å². The van der Waals surface area contributed by atoms with Crippen LogP contribution in [0.2, 0.25) is 0 Å². The van der Waals surface area contributed by atoms with Crippen LogP contribution in [-0.4, -0.2) is 7.05 Å². The van der Waals surface area contributed by atoms with Gasteiger partial charge in [-0.15, -0.1) is 0 Å². The summed E-state index contributed by atoms with van der Waals surface area (Å²) in [5, 5.41) is 0. The van der Waals surface area contributed by atoms with Gasteiger partial charge in [-0.1, -0.05) is 0 Å². The number of rotatable bonds is 19. The summed E-state index contributed by atoms with van der Waals surface area (Å²) < 4.78 is 0. The maximum atomic E-state index is 4.90. The molecule has 134 valence electrons. The zero-order chi connectivity index (χ0) is 16.1. The van der Waals surface area contributed by atoms with Crippen molar-refractivity contribution in [1.29, 1.82) is 0 Å². The molecule has 0 atom stereocenters. The number of nitrogens with one attached hydrogen (secondary N) is 20. The number of nitrogens with two attached hydrogens (primary N) is 1. The van der Waals surface area contributed by atoms with Crippen LogP contribution in [0.15, 0.2) is 0 Å². The Kier molecular flexibility index (Phi) is 19.4. The van der Waals surface area contributed by atoms with Crippen LogP contribution in [-0.2, 0) is 0 Å².